The number of rotatable bonds is 4. The lowest BCUT2D eigenvalue weighted by Gasteiger charge is -2.15. The molecule has 19 heavy (non-hydrogen) atoms. The number of hydrogen-bond acceptors (Lipinski definition) is 3. The van der Waals surface area contributed by atoms with E-state index in [-0.39, 0.29) is 12.0 Å². The third-order valence-electron chi connectivity index (χ3n) is 3.73. The SMILES string of the molecule is C=CC(=O)N1CC[C@@H](Oc2ccc(C3CC3)cn2)C1. The summed E-state index contributed by atoms with van der Waals surface area (Å²) in [6.45, 7) is 4.86. The molecule has 0 aromatic carbocycles. The smallest absolute Gasteiger partial charge is 0.246 e. The van der Waals surface area contributed by atoms with E-state index in [9.17, 15) is 4.79 Å². The zero-order chi connectivity index (χ0) is 13.2. The fraction of sp³-hybridized carbons (Fsp3) is 0.467. The van der Waals surface area contributed by atoms with Crippen LogP contribution in [0.15, 0.2) is 31.0 Å². The molecular formula is C15H18N2O2. The Bertz CT molecular complexity index is 479. The van der Waals surface area contributed by atoms with Crippen LogP contribution in [0.5, 0.6) is 5.88 Å². The van der Waals surface area contributed by atoms with Crippen molar-refractivity contribution in [2.75, 3.05) is 13.1 Å². The molecule has 0 unspecified atom stereocenters. The van der Waals surface area contributed by atoms with Gasteiger partial charge in [0.15, 0.2) is 0 Å². The quantitative estimate of drug-likeness (QED) is 0.777. The van der Waals surface area contributed by atoms with Crippen LogP contribution in [0.3, 0.4) is 0 Å². The molecule has 1 aliphatic heterocycles. The number of ether oxygens (including phenoxy) is 1. The third kappa shape index (κ3) is 2.78. The number of aromatic nitrogens is 1. The fourth-order valence-electron chi connectivity index (χ4n) is 2.44. The Labute approximate surface area is 113 Å². The minimum Gasteiger partial charge on any atom is -0.472 e. The second kappa shape index (κ2) is 5.03. The third-order valence-corrected chi connectivity index (χ3v) is 3.73. The van der Waals surface area contributed by atoms with E-state index >= 15 is 0 Å². The van der Waals surface area contributed by atoms with Gasteiger partial charge in [-0.25, -0.2) is 4.98 Å². The molecule has 0 spiro atoms. The van der Waals surface area contributed by atoms with Gasteiger partial charge in [0.25, 0.3) is 0 Å². The minimum atomic E-state index is -0.0249. The Balaban J connectivity index is 1.56. The summed E-state index contributed by atoms with van der Waals surface area (Å²) in [7, 11) is 0. The molecule has 4 heteroatoms. The van der Waals surface area contributed by atoms with Gasteiger partial charge in [-0.1, -0.05) is 12.6 Å². The van der Waals surface area contributed by atoms with Crippen LogP contribution < -0.4 is 4.74 Å². The van der Waals surface area contributed by atoms with E-state index in [1.807, 2.05) is 12.3 Å². The van der Waals surface area contributed by atoms with Crippen LogP contribution in [0.2, 0.25) is 0 Å². The minimum absolute atomic E-state index is 0.0249. The first-order chi connectivity index (χ1) is 9.26. The highest BCUT2D eigenvalue weighted by molar-refractivity contribution is 5.87. The number of likely N-dealkylation sites (tertiary alicyclic amines) is 1. The first-order valence-electron chi connectivity index (χ1n) is 6.80. The predicted octanol–water partition coefficient (Wildman–Crippen LogP) is 2.12. The van der Waals surface area contributed by atoms with Crippen LogP contribution in [0.1, 0.15) is 30.7 Å². The summed E-state index contributed by atoms with van der Waals surface area (Å²) in [5.41, 5.74) is 1.31. The summed E-state index contributed by atoms with van der Waals surface area (Å²) in [4.78, 5) is 17.6. The lowest BCUT2D eigenvalue weighted by Crippen LogP contribution is -2.29. The lowest BCUT2D eigenvalue weighted by atomic mass is 10.2. The summed E-state index contributed by atoms with van der Waals surface area (Å²) in [5.74, 6) is 1.35. The van der Waals surface area contributed by atoms with Crippen molar-refractivity contribution in [2.24, 2.45) is 0 Å². The first kappa shape index (κ1) is 12.2. The van der Waals surface area contributed by atoms with E-state index in [0.29, 0.717) is 18.3 Å². The molecule has 3 rings (SSSR count). The van der Waals surface area contributed by atoms with Crippen LogP contribution in [0.25, 0.3) is 0 Å². The van der Waals surface area contributed by atoms with Crippen LogP contribution >= 0.6 is 0 Å². The maximum Gasteiger partial charge on any atom is 0.246 e. The van der Waals surface area contributed by atoms with Crippen molar-refractivity contribution in [2.45, 2.75) is 31.3 Å². The first-order valence-corrected chi connectivity index (χ1v) is 6.80. The molecule has 1 amide bonds. The van der Waals surface area contributed by atoms with Crippen LogP contribution in [0.4, 0.5) is 0 Å². The number of nitrogens with zero attached hydrogens (tertiary/aromatic N) is 2. The van der Waals surface area contributed by atoms with E-state index in [2.05, 4.69) is 17.6 Å². The molecule has 1 aromatic heterocycles. The molecule has 4 nitrogen and oxygen atoms in total. The van der Waals surface area contributed by atoms with Gasteiger partial charge in [-0.2, -0.15) is 0 Å². The summed E-state index contributed by atoms with van der Waals surface area (Å²) < 4.78 is 5.82. The molecule has 0 bridgehead atoms. The van der Waals surface area contributed by atoms with E-state index in [1.165, 1.54) is 24.5 Å². The van der Waals surface area contributed by atoms with Gasteiger partial charge >= 0.3 is 0 Å². The second-order valence-corrected chi connectivity index (χ2v) is 5.22. The Morgan fingerprint density at radius 1 is 1.42 bits per heavy atom. The van der Waals surface area contributed by atoms with Crippen molar-refractivity contribution >= 4 is 5.91 Å². The van der Waals surface area contributed by atoms with Crippen LogP contribution in [-0.4, -0.2) is 35.0 Å². The Hall–Kier alpha value is -1.84. The summed E-state index contributed by atoms with van der Waals surface area (Å²) in [6.07, 6.45) is 6.72. The van der Waals surface area contributed by atoms with Gasteiger partial charge in [0.1, 0.15) is 6.10 Å². The van der Waals surface area contributed by atoms with Gasteiger partial charge in [0.05, 0.1) is 6.54 Å². The lowest BCUT2D eigenvalue weighted by molar-refractivity contribution is -0.125. The standard InChI is InChI=1S/C15H18N2O2/c1-2-15(18)17-8-7-13(10-17)19-14-6-5-12(9-16-14)11-3-4-11/h2,5-6,9,11,13H,1,3-4,7-8,10H2/t13-/m1/s1. The maximum absolute atomic E-state index is 11.5. The van der Waals surface area contributed by atoms with Crippen molar-refractivity contribution in [1.29, 1.82) is 0 Å². The van der Waals surface area contributed by atoms with Gasteiger partial charge < -0.3 is 9.64 Å². The zero-order valence-electron chi connectivity index (χ0n) is 10.9. The van der Waals surface area contributed by atoms with Crippen molar-refractivity contribution in [3.63, 3.8) is 0 Å². The van der Waals surface area contributed by atoms with Gasteiger partial charge in [-0.05, 0) is 30.4 Å². The molecule has 1 saturated heterocycles. The highest BCUT2D eigenvalue weighted by Crippen LogP contribution is 2.39. The molecule has 0 radical (unpaired) electrons. The average Bonchev–Trinajstić information content (AvgIpc) is 3.19. The Kier molecular flexibility index (Phi) is 3.23. The number of carbonyl (C=O) groups excluding carboxylic acids is 1. The summed E-state index contributed by atoms with van der Waals surface area (Å²) >= 11 is 0. The molecule has 2 heterocycles. The molecule has 100 valence electrons. The fourth-order valence-corrected chi connectivity index (χ4v) is 2.44. The molecular weight excluding hydrogens is 240 g/mol. The average molecular weight is 258 g/mol. The predicted molar refractivity (Wildman–Crippen MR) is 72.0 cm³/mol. The molecule has 1 aromatic rings. The highest BCUT2D eigenvalue weighted by atomic mass is 16.5. The van der Waals surface area contributed by atoms with Gasteiger partial charge in [-0.15, -0.1) is 0 Å². The Morgan fingerprint density at radius 2 is 2.26 bits per heavy atom. The Morgan fingerprint density at radius 3 is 2.89 bits per heavy atom. The van der Waals surface area contributed by atoms with Gasteiger partial charge in [-0.3, -0.25) is 4.79 Å². The van der Waals surface area contributed by atoms with E-state index in [0.717, 1.165) is 13.0 Å². The number of pyridine rings is 1. The van der Waals surface area contributed by atoms with Crippen LogP contribution in [-0.2, 0) is 4.79 Å². The number of amides is 1. The van der Waals surface area contributed by atoms with E-state index in [1.54, 1.807) is 4.90 Å². The molecule has 1 aliphatic carbocycles. The highest BCUT2D eigenvalue weighted by Gasteiger charge is 2.27. The second-order valence-electron chi connectivity index (χ2n) is 5.22. The van der Waals surface area contributed by atoms with Gasteiger partial charge in [0, 0.05) is 25.2 Å². The number of hydrogen-bond donors (Lipinski definition) is 0. The van der Waals surface area contributed by atoms with Crippen molar-refractivity contribution in [1.82, 2.24) is 9.88 Å². The normalized spacial score (nSPS) is 22.3. The van der Waals surface area contributed by atoms with E-state index < -0.39 is 0 Å². The van der Waals surface area contributed by atoms with E-state index in [4.69, 9.17) is 4.74 Å². The van der Waals surface area contributed by atoms with Crippen LogP contribution in [0, 0.1) is 0 Å². The topological polar surface area (TPSA) is 42.4 Å². The molecule has 2 fully saturated rings. The summed E-state index contributed by atoms with van der Waals surface area (Å²) in [6, 6.07) is 4.03. The molecule has 1 saturated carbocycles. The van der Waals surface area contributed by atoms with Crippen molar-refractivity contribution < 1.29 is 9.53 Å². The largest absolute Gasteiger partial charge is 0.472 e. The molecule has 1 atom stereocenters. The number of carbonyl (C=O) groups is 1. The van der Waals surface area contributed by atoms with Gasteiger partial charge in [0.2, 0.25) is 11.8 Å². The van der Waals surface area contributed by atoms with Crippen molar-refractivity contribution in [3.8, 4) is 5.88 Å². The molecule has 0 N–H and O–H groups in total. The maximum atomic E-state index is 11.5. The summed E-state index contributed by atoms with van der Waals surface area (Å²) in [5, 5.41) is 0. The zero-order valence-corrected chi connectivity index (χ0v) is 10.9. The van der Waals surface area contributed by atoms with Crippen molar-refractivity contribution in [3.05, 3.63) is 36.5 Å². The molecule has 2 aliphatic rings. The monoisotopic (exact) mass is 258 g/mol.